The zero-order valence-electron chi connectivity index (χ0n) is 16.2. The van der Waals surface area contributed by atoms with Gasteiger partial charge in [-0.3, -0.25) is 4.79 Å². The molecule has 3 heterocycles. The number of hydrogen-bond acceptors (Lipinski definition) is 5. The number of amides is 1. The molecule has 1 unspecified atom stereocenters. The van der Waals surface area contributed by atoms with Crippen LogP contribution in [0, 0.1) is 0 Å². The first-order chi connectivity index (χ1) is 14.2. The van der Waals surface area contributed by atoms with Crippen LogP contribution in [-0.2, 0) is 0 Å². The lowest BCUT2D eigenvalue weighted by Gasteiger charge is -2.33. The summed E-state index contributed by atoms with van der Waals surface area (Å²) in [6, 6.07) is 14.6. The van der Waals surface area contributed by atoms with Gasteiger partial charge in [-0.1, -0.05) is 18.2 Å². The summed E-state index contributed by atoms with van der Waals surface area (Å²) < 4.78 is 2.82. The maximum absolute atomic E-state index is 13.4. The minimum atomic E-state index is 0.0757. The van der Waals surface area contributed by atoms with Crippen LogP contribution in [0.4, 0.5) is 0 Å². The molecule has 0 aliphatic carbocycles. The van der Waals surface area contributed by atoms with Gasteiger partial charge in [-0.2, -0.15) is 0 Å². The first-order valence-corrected chi connectivity index (χ1v) is 10.7. The van der Waals surface area contributed by atoms with Crippen LogP contribution in [0.25, 0.3) is 26.9 Å². The third-order valence-electron chi connectivity index (χ3n) is 5.63. The van der Waals surface area contributed by atoms with Crippen molar-refractivity contribution in [3.8, 4) is 16.8 Å². The molecule has 0 N–H and O–H groups in total. The van der Waals surface area contributed by atoms with E-state index in [1.54, 1.807) is 22.3 Å². The summed E-state index contributed by atoms with van der Waals surface area (Å²) in [5, 5.41) is 14.9. The quantitative estimate of drug-likeness (QED) is 0.503. The van der Waals surface area contributed by atoms with E-state index in [4.69, 9.17) is 0 Å². The van der Waals surface area contributed by atoms with Gasteiger partial charge in [0.1, 0.15) is 6.33 Å². The molecule has 6 nitrogen and oxygen atoms in total. The molecule has 2 aromatic heterocycles. The van der Waals surface area contributed by atoms with E-state index in [1.165, 1.54) is 16.5 Å². The fraction of sp³-hybridized carbons (Fsp3) is 0.273. The Kier molecular flexibility index (Phi) is 4.60. The number of carbonyl (C=O) groups excluding carboxylic acids is 1. The number of thiophene rings is 1. The van der Waals surface area contributed by atoms with E-state index in [2.05, 4.69) is 52.1 Å². The normalized spacial score (nSPS) is 17.0. The average Bonchev–Trinajstić information content (AvgIpc) is 3.45. The fourth-order valence-electron chi connectivity index (χ4n) is 4.09. The summed E-state index contributed by atoms with van der Waals surface area (Å²) >= 11 is 1.71. The zero-order valence-corrected chi connectivity index (χ0v) is 17.0. The molecule has 1 aliphatic rings. The van der Waals surface area contributed by atoms with Gasteiger partial charge in [0.25, 0.3) is 5.91 Å². The largest absolute Gasteiger partial charge is 0.336 e. The number of carbonyl (C=O) groups is 1. The number of aromatic nitrogens is 4. The van der Waals surface area contributed by atoms with Crippen LogP contribution in [0.2, 0.25) is 0 Å². The third-order valence-corrected chi connectivity index (χ3v) is 6.60. The molecule has 2 aromatic carbocycles. The van der Waals surface area contributed by atoms with Crippen molar-refractivity contribution in [3.05, 3.63) is 59.7 Å². The number of tetrazole rings is 1. The summed E-state index contributed by atoms with van der Waals surface area (Å²) in [6.45, 7) is 2.94. The van der Waals surface area contributed by atoms with E-state index in [0.29, 0.717) is 5.56 Å². The van der Waals surface area contributed by atoms with Crippen molar-refractivity contribution in [3.63, 3.8) is 0 Å². The number of fused-ring (bicyclic) bond motifs is 1. The second kappa shape index (κ2) is 7.40. The van der Waals surface area contributed by atoms with E-state index in [1.807, 2.05) is 23.1 Å². The maximum Gasteiger partial charge on any atom is 0.254 e. The molecule has 1 aliphatic heterocycles. The van der Waals surface area contributed by atoms with Crippen molar-refractivity contribution in [2.45, 2.75) is 32.2 Å². The van der Waals surface area contributed by atoms with Gasteiger partial charge in [0.2, 0.25) is 0 Å². The molecule has 7 heteroatoms. The minimum Gasteiger partial charge on any atom is -0.336 e. The summed E-state index contributed by atoms with van der Waals surface area (Å²) in [5.41, 5.74) is 3.58. The van der Waals surface area contributed by atoms with Crippen LogP contribution in [0.5, 0.6) is 0 Å². The number of likely N-dealkylation sites (tertiary alicyclic amines) is 1. The summed E-state index contributed by atoms with van der Waals surface area (Å²) in [7, 11) is 0. The number of piperidine rings is 1. The first-order valence-electron chi connectivity index (χ1n) is 9.87. The molecular weight excluding hydrogens is 382 g/mol. The summed E-state index contributed by atoms with van der Waals surface area (Å²) in [4.78, 5) is 15.4. The topological polar surface area (TPSA) is 63.9 Å². The van der Waals surface area contributed by atoms with Crippen molar-refractivity contribution in [1.82, 2.24) is 25.1 Å². The van der Waals surface area contributed by atoms with Gasteiger partial charge < -0.3 is 4.90 Å². The lowest BCUT2D eigenvalue weighted by Crippen LogP contribution is -2.42. The van der Waals surface area contributed by atoms with Gasteiger partial charge in [-0.05, 0) is 82.8 Å². The maximum atomic E-state index is 13.4. The molecule has 5 rings (SSSR count). The highest BCUT2D eigenvalue weighted by Gasteiger charge is 2.25. The molecule has 1 amide bonds. The second-order valence-corrected chi connectivity index (χ2v) is 8.43. The monoisotopic (exact) mass is 403 g/mol. The molecule has 1 saturated heterocycles. The standard InChI is InChI=1S/C22H21N5OS/c1-15-5-2-3-9-26(15)22(28)18-11-17(12-19(13-18)27-14-23-24-25-27)20-7-4-6-16-8-10-29-21(16)20/h4,6-8,10-15H,2-3,5,9H2,1H3. The van der Waals surface area contributed by atoms with Gasteiger partial charge >= 0.3 is 0 Å². The van der Waals surface area contributed by atoms with E-state index in [0.717, 1.165) is 36.2 Å². The Morgan fingerprint density at radius 3 is 2.93 bits per heavy atom. The Bertz CT molecular complexity index is 1170. The van der Waals surface area contributed by atoms with Crippen molar-refractivity contribution in [2.75, 3.05) is 6.54 Å². The van der Waals surface area contributed by atoms with Crippen molar-refractivity contribution < 1.29 is 4.79 Å². The molecule has 0 saturated carbocycles. The van der Waals surface area contributed by atoms with Crippen LogP contribution < -0.4 is 0 Å². The number of hydrogen-bond donors (Lipinski definition) is 0. The predicted molar refractivity (Wildman–Crippen MR) is 114 cm³/mol. The van der Waals surface area contributed by atoms with Crippen molar-refractivity contribution in [2.24, 2.45) is 0 Å². The van der Waals surface area contributed by atoms with Crippen LogP contribution in [-0.4, -0.2) is 43.6 Å². The van der Waals surface area contributed by atoms with E-state index < -0.39 is 0 Å². The molecule has 146 valence electrons. The number of rotatable bonds is 3. The lowest BCUT2D eigenvalue weighted by atomic mass is 9.98. The highest BCUT2D eigenvalue weighted by Crippen LogP contribution is 2.34. The third kappa shape index (κ3) is 3.31. The first kappa shape index (κ1) is 18.0. The SMILES string of the molecule is CC1CCCCN1C(=O)c1cc(-c2cccc3ccsc23)cc(-n2cnnn2)c1. The van der Waals surface area contributed by atoms with Gasteiger partial charge in [0.15, 0.2) is 0 Å². The zero-order chi connectivity index (χ0) is 19.8. The van der Waals surface area contributed by atoms with Crippen molar-refractivity contribution >= 4 is 27.3 Å². The van der Waals surface area contributed by atoms with Gasteiger partial charge in [0, 0.05) is 22.8 Å². The molecule has 0 bridgehead atoms. The highest BCUT2D eigenvalue weighted by atomic mass is 32.1. The Hall–Kier alpha value is -3.06. The highest BCUT2D eigenvalue weighted by molar-refractivity contribution is 7.17. The van der Waals surface area contributed by atoms with Gasteiger partial charge in [-0.15, -0.1) is 16.4 Å². The number of nitrogens with zero attached hydrogens (tertiary/aromatic N) is 5. The van der Waals surface area contributed by atoms with Gasteiger partial charge in [0.05, 0.1) is 5.69 Å². The van der Waals surface area contributed by atoms with E-state index >= 15 is 0 Å². The molecule has 1 atom stereocenters. The van der Waals surface area contributed by atoms with Crippen LogP contribution >= 0.6 is 11.3 Å². The van der Waals surface area contributed by atoms with Crippen LogP contribution in [0.1, 0.15) is 36.5 Å². The Balaban J connectivity index is 1.65. The molecule has 4 aromatic rings. The smallest absolute Gasteiger partial charge is 0.254 e. The minimum absolute atomic E-state index is 0.0757. The predicted octanol–water partition coefficient (Wildman–Crippen LogP) is 4.56. The van der Waals surface area contributed by atoms with Crippen molar-refractivity contribution in [1.29, 1.82) is 0 Å². The Morgan fingerprint density at radius 1 is 1.17 bits per heavy atom. The van der Waals surface area contributed by atoms with Crippen LogP contribution in [0.15, 0.2) is 54.2 Å². The fourth-order valence-corrected chi connectivity index (χ4v) is 5.02. The molecule has 29 heavy (non-hydrogen) atoms. The van der Waals surface area contributed by atoms with Crippen LogP contribution in [0.3, 0.4) is 0 Å². The lowest BCUT2D eigenvalue weighted by molar-refractivity contribution is 0.0635. The second-order valence-electron chi connectivity index (χ2n) is 7.51. The summed E-state index contributed by atoms with van der Waals surface area (Å²) in [6.07, 6.45) is 4.85. The average molecular weight is 404 g/mol. The molecule has 1 fully saturated rings. The molecule has 0 spiro atoms. The molecular formula is C22H21N5OS. The van der Waals surface area contributed by atoms with E-state index in [-0.39, 0.29) is 11.9 Å². The molecule has 0 radical (unpaired) electrons. The number of benzene rings is 2. The summed E-state index contributed by atoms with van der Waals surface area (Å²) in [5.74, 6) is 0.0757. The Labute approximate surface area is 172 Å². The Morgan fingerprint density at radius 2 is 2.10 bits per heavy atom. The van der Waals surface area contributed by atoms with E-state index in [9.17, 15) is 4.79 Å². The van der Waals surface area contributed by atoms with Gasteiger partial charge in [-0.25, -0.2) is 4.68 Å².